The number of thioether (sulfide) groups is 1. The number of rotatable bonds is 8. The lowest BCUT2D eigenvalue weighted by atomic mass is 10.1. The topological polar surface area (TPSA) is 17.1 Å². The van der Waals surface area contributed by atoms with Gasteiger partial charge >= 0.3 is 0 Å². The first-order chi connectivity index (χ1) is 5.85. The molecule has 0 N–H and O–H groups in total. The third-order valence-electron chi connectivity index (χ3n) is 1.89. The Morgan fingerprint density at radius 1 is 1.33 bits per heavy atom. The van der Waals surface area contributed by atoms with Crippen LogP contribution in [0.4, 0.5) is 0 Å². The third-order valence-corrected chi connectivity index (χ3v) is 3.12. The molecule has 0 aromatic rings. The Hall–Kier alpha value is 0.0200. The molecule has 0 aliphatic heterocycles. The van der Waals surface area contributed by atoms with Crippen LogP contribution in [0.2, 0.25) is 0 Å². The molecule has 0 radical (unpaired) electrons. The summed E-state index contributed by atoms with van der Waals surface area (Å²) < 4.78 is 0. The van der Waals surface area contributed by atoms with E-state index in [1.165, 1.54) is 25.7 Å². The average Bonchev–Trinajstić information content (AvgIpc) is 2.06. The molecule has 12 heavy (non-hydrogen) atoms. The highest BCUT2D eigenvalue weighted by molar-refractivity contribution is 7.99. The van der Waals surface area contributed by atoms with Crippen LogP contribution in [0.25, 0.3) is 0 Å². The Balaban J connectivity index is 3.40. The van der Waals surface area contributed by atoms with Gasteiger partial charge in [0.15, 0.2) is 0 Å². The maximum atomic E-state index is 10.3. The highest BCUT2D eigenvalue weighted by Crippen LogP contribution is 2.19. The van der Waals surface area contributed by atoms with Crippen LogP contribution in [0.5, 0.6) is 0 Å². The summed E-state index contributed by atoms with van der Waals surface area (Å²) in [5.41, 5.74) is 0. The van der Waals surface area contributed by atoms with Crippen LogP contribution in [0, 0.1) is 0 Å². The molecule has 0 saturated heterocycles. The van der Waals surface area contributed by atoms with Crippen molar-refractivity contribution in [3.63, 3.8) is 0 Å². The molecular weight excluding hydrogens is 168 g/mol. The van der Waals surface area contributed by atoms with E-state index >= 15 is 0 Å². The average molecular weight is 188 g/mol. The summed E-state index contributed by atoms with van der Waals surface area (Å²) in [6, 6.07) is 0. The number of hydrogen-bond donors (Lipinski definition) is 0. The van der Waals surface area contributed by atoms with Crippen molar-refractivity contribution in [3.8, 4) is 0 Å². The lowest BCUT2D eigenvalue weighted by molar-refractivity contribution is -0.107. The van der Waals surface area contributed by atoms with E-state index in [9.17, 15) is 4.79 Å². The Labute approximate surface area is 80.3 Å². The van der Waals surface area contributed by atoms with Crippen LogP contribution in [0.1, 0.15) is 46.0 Å². The molecule has 0 aromatic carbocycles. The standard InChI is InChI=1S/C10H20OS/c1-3-5-6-7-10(8-9-11)12-4-2/h9-10H,3-8H2,1-2H3/t10-/m1/s1. The molecule has 1 nitrogen and oxygen atoms in total. The Morgan fingerprint density at radius 2 is 2.08 bits per heavy atom. The minimum absolute atomic E-state index is 0.582. The van der Waals surface area contributed by atoms with Crippen LogP contribution in [-0.2, 0) is 4.79 Å². The summed E-state index contributed by atoms with van der Waals surface area (Å²) >= 11 is 1.92. The maximum absolute atomic E-state index is 10.3. The Morgan fingerprint density at radius 3 is 2.58 bits per heavy atom. The second-order valence-corrected chi connectivity index (χ2v) is 4.55. The zero-order chi connectivity index (χ0) is 9.23. The molecule has 0 amide bonds. The molecule has 0 heterocycles. The van der Waals surface area contributed by atoms with Gasteiger partial charge in [-0.1, -0.05) is 33.1 Å². The number of unbranched alkanes of at least 4 members (excludes halogenated alkanes) is 2. The van der Waals surface area contributed by atoms with Gasteiger partial charge in [0.25, 0.3) is 0 Å². The van der Waals surface area contributed by atoms with Gasteiger partial charge in [-0.2, -0.15) is 11.8 Å². The van der Waals surface area contributed by atoms with Gasteiger partial charge in [0.1, 0.15) is 6.29 Å². The van der Waals surface area contributed by atoms with E-state index in [4.69, 9.17) is 0 Å². The van der Waals surface area contributed by atoms with Crippen molar-refractivity contribution in [2.24, 2.45) is 0 Å². The smallest absolute Gasteiger partial charge is 0.121 e. The van der Waals surface area contributed by atoms with Gasteiger partial charge in [0.05, 0.1) is 0 Å². The molecule has 0 saturated carbocycles. The van der Waals surface area contributed by atoms with E-state index in [1.807, 2.05) is 11.8 Å². The van der Waals surface area contributed by atoms with Crippen molar-refractivity contribution in [1.29, 1.82) is 0 Å². The van der Waals surface area contributed by atoms with Gasteiger partial charge in [-0.15, -0.1) is 0 Å². The van der Waals surface area contributed by atoms with Crippen molar-refractivity contribution in [2.45, 2.75) is 51.2 Å². The molecule has 0 bridgehead atoms. The van der Waals surface area contributed by atoms with E-state index in [0.29, 0.717) is 5.25 Å². The van der Waals surface area contributed by atoms with Gasteiger partial charge < -0.3 is 4.79 Å². The van der Waals surface area contributed by atoms with Crippen molar-refractivity contribution in [2.75, 3.05) is 5.75 Å². The van der Waals surface area contributed by atoms with Crippen LogP contribution >= 0.6 is 11.8 Å². The fraction of sp³-hybridized carbons (Fsp3) is 0.900. The second-order valence-electron chi connectivity index (χ2n) is 2.98. The lowest BCUT2D eigenvalue weighted by Crippen LogP contribution is -2.03. The van der Waals surface area contributed by atoms with Gasteiger partial charge in [-0.05, 0) is 12.2 Å². The van der Waals surface area contributed by atoms with E-state index in [0.717, 1.165) is 18.5 Å². The summed E-state index contributed by atoms with van der Waals surface area (Å²) in [5, 5.41) is 0.582. The lowest BCUT2D eigenvalue weighted by Gasteiger charge is -2.11. The van der Waals surface area contributed by atoms with Crippen molar-refractivity contribution < 1.29 is 4.79 Å². The molecule has 0 aliphatic carbocycles. The Bertz CT molecular complexity index is 104. The SMILES string of the molecule is CCCCC[C@H](CC=O)SCC. The highest BCUT2D eigenvalue weighted by Gasteiger charge is 2.06. The number of aldehydes is 1. The largest absolute Gasteiger partial charge is 0.303 e. The van der Waals surface area contributed by atoms with Crippen molar-refractivity contribution in [1.82, 2.24) is 0 Å². The second kappa shape index (κ2) is 9.11. The Kier molecular flexibility index (Phi) is 9.13. The first-order valence-corrected chi connectivity index (χ1v) is 5.95. The molecular formula is C10H20OS. The zero-order valence-corrected chi connectivity index (χ0v) is 9.03. The molecule has 0 rings (SSSR count). The van der Waals surface area contributed by atoms with Crippen LogP contribution in [0.3, 0.4) is 0 Å². The van der Waals surface area contributed by atoms with E-state index < -0.39 is 0 Å². The van der Waals surface area contributed by atoms with Gasteiger partial charge in [-0.25, -0.2) is 0 Å². The number of hydrogen-bond acceptors (Lipinski definition) is 2. The summed E-state index contributed by atoms with van der Waals surface area (Å²) in [7, 11) is 0. The summed E-state index contributed by atoms with van der Waals surface area (Å²) in [6.45, 7) is 4.37. The minimum atomic E-state index is 0.582. The molecule has 0 spiro atoms. The van der Waals surface area contributed by atoms with E-state index in [2.05, 4.69) is 13.8 Å². The summed E-state index contributed by atoms with van der Waals surface area (Å²) in [5.74, 6) is 1.13. The van der Waals surface area contributed by atoms with Gasteiger partial charge in [0.2, 0.25) is 0 Å². The molecule has 0 aliphatic rings. The predicted octanol–water partition coefficient (Wildman–Crippen LogP) is 3.28. The maximum Gasteiger partial charge on any atom is 0.121 e. The van der Waals surface area contributed by atoms with Crippen LogP contribution in [0.15, 0.2) is 0 Å². The van der Waals surface area contributed by atoms with Crippen molar-refractivity contribution in [3.05, 3.63) is 0 Å². The molecule has 0 fully saturated rings. The molecule has 72 valence electrons. The van der Waals surface area contributed by atoms with Gasteiger partial charge in [-0.3, -0.25) is 0 Å². The minimum Gasteiger partial charge on any atom is -0.303 e. The van der Waals surface area contributed by atoms with Gasteiger partial charge in [0, 0.05) is 11.7 Å². The fourth-order valence-electron chi connectivity index (χ4n) is 1.23. The summed E-state index contributed by atoms with van der Waals surface area (Å²) in [6.07, 6.45) is 6.86. The van der Waals surface area contributed by atoms with E-state index in [1.54, 1.807) is 0 Å². The van der Waals surface area contributed by atoms with Crippen LogP contribution < -0.4 is 0 Å². The van der Waals surface area contributed by atoms with Crippen molar-refractivity contribution >= 4 is 18.0 Å². The predicted molar refractivity (Wildman–Crippen MR) is 56.7 cm³/mol. The van der Waals surface area contributed by atoms with E-state index in [-0.39, 0.29) is 0 Å². The molecule has 0 unspecified atom stereocenters. The number of carbonyl (C=O) groups is 1. The first-order valence-electron chi connectivity index (χ1n) is 4.90. The first kappa shape index (κ1) is 12.0. The quantitative estimate of drug-likeness (QED) is 0.429. The summed E-state index contributed by atoms with van der Waals surface area (Å²) in [4.78, 5) is 10.3. The monoisotopic (exact) mass is 188 g/mol. The number of carbonyl (C=O) groups excluding carboxylic acids is 1. The molecule has 2 heteroatoms. The third kappa shape index (κ3) is 6.71. The normalized spacial score (nSPS) is 12.8. The molecule has 0 aromatic heterocycles. The van der Waals surface area contributed by atoms with Crippen LogP contribution in [-0.4, -0.2) is 17.3 Å². The highest BCUT2D eigenvalue weighted by atomic mass is 32.2. The fourth-order valence-corrected chi connectivity index (χ4v) is 2.25. The molecule has 1 atom stereocenters. The zero-order valence-electron chi connectivity index (χ0n) is 8.21.